The summed E-state index contributed by atoms with van der Waals surface area (Å²) in [5.74, 6) is 0.813. The molecule has 2 aliphatic heterocycles. The highest BCUT2D eigenvalue weighted by Crippen LogP contribution is 2.32. The molecule has 2 N–H and O–H groups in total. The van der Waals surface area contributed by atoms with Gasteiger partial charge < -0.3 is 24.4 Å². The van der Waals surface area contributed by atoms with Crippen LogP contribution in [-0.4, -0.2) is 72.3 Å². The number of fused-ring (bicyclic) bond motifs is 4. The minimum atomic E-state index is 0.227. The molecule has 3 aromatic rings. The van der Waals surface area contributed by atoms with E-state index in [1.54, 1.807) is 7.11 Å². The van der Waals surface area contributed by atoms with Gasteiger partial charge in [-0.1, -0.05) is 0 Å². The third kappa shape index (κ3) is 3.78. The van der Waals surface area contributed by atoms with E-state index in [2.05, 4.69) is 49.4 Å². The molecular formula is C21H26N6O3. The number of anilines is 2. The summed E-state index contributed by atoms with van der Waals surface area (Å²) in [6.07, 6.45) is 1.13. The number of ether oxygens (including phenoxy) is 3. The second-order valence-corrected chi connectivity index (χ2v) is 7.78. The van der Waals surface area contributed by atoms with E-state index in [0.29, 0.717) is 25.8 Å². The molecule has 0 unspecified atom stereocenters. The van der Waals surface area contributed by atoms with Gasteiger partial charge >= 0.3 is 6.01 Å². The number of hydrogen-bond acceptors (Lipinski definition) is 8. The first-order chi connectivity index (χ1) is 14.7. The van der Waals surface area contributed by atoms with Gasteiger partial charge in [0, 0.05) is 50.0 Å². The Bertz CT molecular complexity index is 1030. The zero-order chi connectivity index (χ0) is 20.5. The second-order valence-electron chi connectivity index (χ2n) is 7.78. The number of nitrogens with zero attached hydrogens (tertiary/aromatic N) is 4. The standard InChI is InChI=1S/C21H26N6O3/c1-13-5-6-29-7-8-30-21-23-18(10-19(24-21)27-11-15(12-27)28-2)20-16-9-14(22-13)3-4-17(16)25-26-20/h3-4,9-10,13,15,22H,5-8,11-12H2,1-2H3,(H,25,26)/t13-/m0/s1. The highest BCUT2D eigenvalue weighted by atomic mass is 16.5. The molecule has 2 aliphatic rings. The maximum Gasteiger partial charge on any atom is 0.319 e. The van der Waals surface area contributed by atoms with Crippen LogP contribution in [0.2, 0.25) is 0 Å². The molecule has 1 fully saturated rings. The Balaban J connectivity index is 1.56. The van der Waals surface area contributed by atoms with Crippen molar-refractivity contribution in [1.29, 1.82) is 0 Å². The van der Waals surface area contributed by atoms with Crippen LogP contribution in [0, 0.1) is 0 Å². The van der Waals surface area contributed by atoms with Crippen molar-refractivity contribution in [3.8, 4) is 17.4 Å². The third-order valence-corrected chi connectivity index (χ3v) is 5.57. The van der Waals surface area contributed by atoms with Crippen LogP contribution in [-0.2, 0) is 9.47 Å². The first-order valence-corrected chi connectivity index (χ1v) is 10.3. The monoisotopic (exact) mass is 410 g/mol. The van der Waals surface area contributed by atoms with Crippen molar-refractivity contribution in [3.63, 3.8) is 0 Å². The molecule has 30 heavy (non-hydrogen) atoms. The summed E-state index contributed by atoms with van der Waals surface area (Å²) in [5.41, 5.74) is 3.51. The fourth-order valence-corrected chi connectivity index (χ4v) is 3.74. The minimum absolute atomic E-state index is 0.227. The van der Waals surface area contributed by atoms with E-state index in [1.165, 1.54) is 0 Å². The van der Waals surface area contributed by atoms with Crippen LogP contribution in [0.1, 0.15) is 13.3 Å². The van der Waals surface area contributed by atoms with Gasteiger partial charge in [-0.25, -0.2) is 0 Å². The summed E-state index contributed by atoms with van der Waals surface area (Å²) in [6.45, 7) is 5.29. The minimum Gasteiger partial charge on any atom is -0.461 e. The first kappa shape index (κ1) is 19.1. The Morgan fingerprint density at radius 2 is 2.03 bits per heavy atom. The lowest BCUT2D eigenvalue weighted by molar-refractivity contribution is 0.0779. The summed E-state index contributed by atoms with van der Waals surface area (Å²) in [5, 5.41) is 12.2. The highest BCUT2D eigenvalue weighted by molar-refractivity contribution is 5.94. The quantitative estimate of drug-likeness (QED) is 0.665. The van der Waals surface area contributed by atoms with Crippen LogP contribution < -0.4 is 15.0 Å². The molecule has 0 saturated carbocycles. The summed E-state index contributed by atoms with van der Waals surface area (Å²) in [4.78, 5) is 11.4. The summed E-state index contributed by atoms with van der Waals surface area (Å²) >= 11 is 0. The predicted molar refractivity (Wildman–Crippen MR) is 114 cm³/mol. The van der Waals surface area contributed by atoms with E-state index in [1.807, 2.05) is 12.1 Å². The number of benzene rings is 1. The van der Waals surface area contributed by atoms with Gasteiger partial charge in [0.25, 0.3) is 0 Å². The van der Waals surface area contributed by atoms with Crippen molar-refractivity contribution in [1.82, 2.24) is 20.2 Å². The molecule has 4 heterocycles. The number of methoxy groups -OCH3 is 1. The molecule has 158 valence electrons. The van der Waals surface area contributed by atoms with Gasteiger partial charge in [-0.3, -0.25) is 5.10 Å². The van der Waals surface area contributed by atoms with E-state index >= 15 is 0 Å². The Morgan fingerprint density at radius 1 is 1.13 bits per heavy atom. The lowest BCUT2D eigenvalue weighted by atomic mass is 10.1. The van der Waals surface area contributed by atoms with Crippen LogP contribution in [0.25, 0.3) is 22.3 Å². The molecule has 9 nitrogen and oxygen atoms in total. The van der Waals surface area contributed by atoms with Crippen molar-refractivity contribution in [2.75, 3.05) is 50.2 Å². The molecule has 1 atom stereocenters. The Hall–Kier alpha value is -2.91. The average Bonchev–Trinajstić information content (AvgIpc) is 3.12. The number of rotatable bonds is 2. The SMILES string of the molecule is COC1CN(c2cc3nc(n2)OCCOCC[C@H](C)Nc2ccc4[nH]nc-3c4c2)C1. The summed E-state index contributed by atoms with van der Waals surface area (Å²) < 4.78 is 16.9. The molecule has 0 aliphatic carbocycles. The van der Waals surface area contributed by atoms with Gasteiger partial charge in [0.05, 0.1) is 18.2 Å². The molecule has 2 aromatic heterocycles. The number of hydrogen-bond donors (Lipinski definition) is 2. The predicted octanol–water partition coefficient (Wildman–Crippen LogP) is 2.45. The third-order valence-electron chi connectivity index (χ3n) is 5.57. The number of H-pyrrole nitrogens is 1. The molecule has 0 radical (unpaired) electrons. The molecule has 9 heteroatoms. The molecule has 0 amide bonds. The van der Waals surface area contributed by atoms with Crippen LogP contribution in [0.15, 0.2) is 24.3 Å². The lowest BCUT2D eigenvalue weighted by Gasteiger charge is -2.39. The Morgan fingerprint density at radius 3 is 2.90 bits per heavy atom. The molecule has 0 spiro atoms. The zero-order valence-electron chi connectivity index (χ0n) is 17.2. The number of aromatic amines is 1. The second kappa shape index (κ2) is 8.08. The summed E-state index contributed by atoms with van der Waals surface area (Å²) in [6, 6.07) is 8.79. The normalized spacial score (nSPS) is 20.2. The average molecular weight is 410 g/mol. The topological polar surface area (TPSA) is 97.4 Å². The zero-order valence-corrected chi connectivity index (χ0v) is 17.2. The van der Waals surface area contributed by atoms with Gasteiger partial charge in [-0.15, -0.1) is 0 Å². The Labute approximate surface area is 174 Å². The fraction of sp³-hybridized carbons (Fsp3) is 0.476. The number of aromatic nitrogens is 4. The van der Waals surface area contributed by atoms with E-state index in [-0.39, 0.29) is 12.1 Å². The van der Waals surface area contributed by atoms with Crippen molar-refractivity contribution < 1.29 is 14.2 Å². The molecule has 5 rings (SSSR count). The highest BCUT2D eigenvalue weighted by Gasteiger charge is 2.29. The summed E-state index contributed by atoms with van der Waals surface area (Å²) in [7, 11) is 1.73. The fourth-order valence-electron chi connectivity index (χ4n) is 3.74. The van der Waals surface area contributed by atoms with E-state index in [9.17, 15) is 0 Å². The van der Waals surface area contributed by atoms with E-state index in [0.717, 1.165) is 53.3 Å². The van der Waals surface area contributed by atoms with Crippen LogP contribution >= 0.6 is 0 Å². The number of nitrogens with one attached hydrogen (secondary N) is 2. The van der Waals surface area contributed by atoms with Gasteiger partial charge in [0.15, 0.2) is 0 Å². The van der Waals surface area contributed by atoms with E-state index in [4.69, 9.17) is 14.2 Å². The molecule has 1 aromatic carbocycles. The van der Waals surface area contributed by atoms with Crippen molar-refractivity contribution in [2.45, 2.75) is 25.5 Å². The van der Waals surface area contributed by atoms with Crippen LogP contribution in [0.3, 0.4) is 0 Å². The smallest absolute Gasteiger partial charge is 0.319 e. The van der Waals surface area contributed by atoms with Crippen LogP contribution in [0.5, 0.6) is 6.01 Å². The Kier molecular flexibility index (Phi) is 5.14. The van der Waals surface area contributed by atoms with Gasteiger partial charge in [0.2, 0.25) is 0 Å². The molecular weight excluding hydrogens is 384 g/mol. The maximum absolute atomic E-state index is 5.83. The van der Waals surface area contributed by atoms with Gasteiger partial charge in [-0.2, -0.15) is 15.1 Å². The molecule has 1 saturated heterocycles. The molecule has 4 bridgehead atoms. The van der Waals surface area contributed by atoms with Crippen molar-refractivity contribution in [2.24, 2.45) is 0 Å². The van der Waals surface area contributed by atoms with Crippen LogP contribution in [0.4, 0.5) is 11.5 Å². The van der Waals surface area contributed by atoms with Crippen molar-refractivity contribution in [3.05, 3.63) is 24.3 Å². The van der Waals surface area contributed by atoms with E-state index < -0.39 is 0 Å². The van der Waals surface area contributed by atoms with Gasteiger partial charge in [0.1, 0.15) is 23.8 Å². The lowest BCUT2D eigenvalue weighted by Crippen LogP contribution is -2.52. The first-order valence-electron chi connectivity index (χ1n) is 10.3. The van der Waals surface area contributed by atoms with Crippen molar-refractivity contribution >= 4 is 22.4 Å². The van der Waals surface area contributed by atoms with Gasteiger partial charge in [-0.05, 0) is 31.5 Å². The maximum atomic E-state index is 5.83. The largest absolute Gasteiger partial charge is 0.461 e.